The molecular formula is C19H17NO4. The fourth-order valence-electron chi connectivity index (χ4n) is 2.44. The standard InChI is InChI=1S/C19H17NO4/c20-15(10-13-6-2-1-3-7-13)12-23-18(21)16-11-14-8-4-5-9-17(14)24-19(16)22/h1-9,11,15H,10,12,20H2. The first-order chi connectivity index (χ1) is 11.6. The fraction of sp³-hybridized carbons (Fsp3) is 0.158. The van der Waals surface area contributed by atoms with Crippen molar-refractivity contribution in [2.75, 3.05) is 6.61 Å². The SMILES string of the molecule is NC(COC(=O)c1cc2ccccc2oc1=O)Cc1ccccc1. The number of para-hydroxylation sites is 1. The van der Waals surface area contributed by atoms with E-state index in [9.17, 15) is 9.59 Å². The van der Waals surface area contributed by atoms with Gasteiger partial charge in [-0.05, 0) is 24.1 Å². The maximum absolute atomic E-state index is 12.1. The number of carbonyl (C=O) groups is 1. The average Bonchev–Trinajstić information content (AvgIpc) is 2.60. The van der Waals surface area contributed by atoms with Gasteiger partial charge in [0.25, 0.3) is 0 Å². The lowest BCUT2D eigenvalue weighted by Gasteiger charge is -2.12. The van der Waals surface area contributed by atoms with E-state index < -0.39 is 11.6 Å². The van der Waals surface area contributed by atoms with Crippen LogP contribution in [0.1, 0.15) is 15.9 Å². The maximum atomic E-state index is 12.1. The van der Waals surface area contributed by atoms with Gasteiger partial charge in [-0.15, -0.1) is 0 Å². The Morgan fingerprint density at radius 1 is 1.08 bits per heavy atom. The number of ether oxygens (including phenoxy) is 1. The smallest absolute Gasteiger partial charge is 0.351 e. The van der Waals surface area contributed by atoms with Crippen molar-refractivity contribution in [3.63, 3.8) is 0 Å². The lowest BCUT2D eigenvalue weighted by molar-refractivity contribution is 0.0476. The average molecular weight is 323 g/mol. The second kappa shape index (κ2) is 7.10. The Balaban J connectivity index is 1.67. The molecule has 3 rings (SSSR count). The van der Waals surface area contributed by atoms with Gasteiger partial charge in [0.15, 0.2) is 0 Å². The van der Waals surface area contributed by atoms with Gasteiger partial charge in [-0.3, -0.25) is 0 Å². The molecule has 122 valence electrons. The molecule has 0 saturated heterocycles. The molecule has 0 fully saturated rings. The van der Waals surface area contributed by atoms with E-state index >= 15 is 0 Å². The highest BCUT2D eigenvalue weighted by atomic mass is 16.5. The van der Waals surface area contributed by atoms with Crippen LogP contribution < -0.4 is 11.4 Å². The number of nitrogens with two attached hydrogens (primary N) is 1. The van der Waals surface area contributed by atoms with Crippen LogP contribution in [0.5, 0.6) is 0 Å². The molecule has 1 atom stereocenters. The highest BCUT2D eigenvalue weighted by Crippen LogP contribution is 2.13. The Hall–Kier alpha value is -2.92. The van der Waals surface area contributed by atoms with E-state index in [1.165, 1.54) is 6.07 Å². The molecule has 0 saturated carbocycles. The first kappa shape index (κ1) is 16.0. The second-order valence-electron chi connectivity index (χ2n) is 5.53. The zero-order valence-corrected chi connectivity index (χ0v) is 13.0. The molecule has 1 heterocycles. The van der Waals surface area contributed by atoms with Crippen LogP contribution in [0.2, 0.25) is 0 Å². The predicted octanol–water partition coefficient (Wildman–Crippen LogP) is 2.52. The van der Waals surface area contributed by atoms with Crippen LogP contribution >= 0.6 is 0 Å². The minimum Gasteiger partial charge on any atom is -0.460 e. The first-order valence-electron chi connectivity index (χ1n) is 7.63. The number of esters is 1. The predicted molar refractivity (Wildman–Crippen MR) is 90.9 cm³/mol. The van der Waals surface area contributed by atoms with Crippen LogP contribution in [0.25, 0.3) is 11.0 Å². The van der Waals surface area contributed by atoms with Crippen molar-refractivity contribution in [1.29, 1.82) is 0 Å². The molecule has 0 radical (unpaired) electrons. The van der Waals surface area contributed by atoms with Crippen LogP contribution in [-0.4, -0.2) is 18.6 Å². The molecule has 2 N–H and O–H groups in total. The van der Waals surface area contributed by atoms with Gasteiger partial charge in [-0.1, -0.05) is 48.5 Å². The Kier molecular flexibility index (Phi) is 4.72. The van der Waals surface area contributed by atoms with Crippen LogP contribution in [0.15, 0.2) is 69.9 Å². The maximum Gasteiger partial charge on any atom is 0.351 e. The van der Waals surface area contributed by atoms with E-state index in [0.717, 1.165) is 5.56 Å². The summed E-state index contributed by atoms with van der Waals surface area (Å²) in [6, 6.07) is 17.8. The Morgan fingerprint density at radius 3 is 2.58 bits per heavy atom. The zero-order valence-electron chi connectivity index (χ0n) is 13.0. The van der Waals surface area contributed by atoms with Gasteiger partial charge in [0, 0.05) is 11.4 Å². The second-order valence-corrected chi connectivity index (χ2v) is 5.53. The van der Waals surface area contributed by atoms with Gasteiger partial charge in [0.05, 0.1) is 0 Å². The van der Waals surface area contributed by atoms with Gasteiger partial charge < -0.3 is 14.9 Å². The van der Waals surface area contributed by atoms with Gasteiger partial charge in [-0.25, -0.2) is 9.59 Å². The molecule has 0 aliphatic rings. The van der Waals surface area contributed by atoms with Crippen LogP contribution in [0.4, 0.5) is 0 Å². The van der Waals surface area contributed by atoms with Crippen LogP contribution in [0.3, 0.4) is 0 Å². The van der Waals surface area contributed by atoms with E-state index in [1.54, 1.807) is 24.3 Å². The normalized spacial score (nSPS) is 12.0. The third-order valence-electron chi connectivity index (χ3n) is 3.63. The zero-order chi connectivity index (χ0) is 16.9. The summed E-state index contributed by atoms with van der Waals surface area (Å²) in [5.74, 6) is -0.724. The summed E-state index contributed by atoms with van der Waals surface area (Å²) in [5, 5.41) is 0.664. The third-order valence-corrected chi connectivity index (χ3v) is 3.63. The van der Waals surface area contributed by atoms with Crippen molar-refractivity contribution >= 4 is 16.9 Å². The quantitative estimate of drug-likeness (QED) is 0.576. The summed E-state index contributed by atoms with van der Waals surface area (Å²) >= 11 is 0. The van der Waals surface area contributed by atoms with Crippen molar-refractivity contribution in [2.24, 2.45) is 5.73 Å². The Labute approximate surface area is 138 Å². The van der Waals surface area contributed by atoms with Gasteiger partial charge in [0.2, 0.25) is 0 Å². The Bertz CT molecular complexity index is 902. The minimum atomic E-state index is -0.724. The van der Waals surface area contributed by atoms with E-state index in [-0.39, 0.29) is 18.2 Å². The number of carbonyl (C=O) groups excluding carboxylic acids is 1. The molecule has 0 spiro atoms. The molecule has 2 aromatic carbocycles. The van der Waals surface area contributed by atoms with Crippen LogP contribution in [0, 0.1) is 0 Å². The molecule has 5 nitrogen and oxygen atoms in total. The summed E-state index contributed by atoms with van der Waals surface area (Å²) in [6.45, 7) is 0.0278. The molecule has 3 aromatic rings. The lowest BCUT2D eigenvalue weighted by atomic mass is 10.1. The highest BCUT2D eigenvalue weighted by molar-refractivity contribution is 5.92. The summed E-state index contributed by atoms with van der Waals surface area (Å²) in [5.41, 5.74) is 6.64. The van der Waals surface area contributed by atoms with Crippen molar-refractivity contribution in [2.45, 2.75) is 12.5 Å². The first-order valence-corrected chi connectivity index (χ1v) is 7.63. The number of hydrogen-bond acceptors (Lipinski definition) is 5. The molecule has 0 bridgehead atoms. The number of fused-ring (bicyclic) bond motifs is 1. The van der Waals surface area contributed by atoms with Crippen molar-refractivity contribution < 1.29 is 13.9 Å². The summed E-state index contributed by atoms with van der Waals surface area (Å²) in [4.78, 5) is 24.0. The molecule has 1 aromatic heterocycles. The molecule has 5 heteroatoms. The third kappa shape index (κ3) is 3.70. The number of hydrogen-bond donors (Lipinski definition) is 1. The summed E-state index contributed by atoms with van der Waals surface area (Å²) < 4.78 is 10.3. The fourth-order valence-corrected chi connectivity index (χ4v) is 2.44. The highest BCUT2D eigenvalue weighted by Gasteiger charge is 2.16. The lowest BCUT2D eigenvalue weighted by Crippen LogP contribution is -2.31. The molecule has 0 aliphatic carbocycles. The minimum absolute atomic E-state index is 0.0278. The van der Waals surface area contributed by atoms with Crippen molar-refractivity contribution in [1.82, 2.24) is 0 Å². The van der Waals surface area contributed by atoms with Gasteiger partial charge >= 0.3 is 11.6 Å². The largest absolute Gasteiger partial charge is 0.460 e. The van der Waals surface area contributed by atoms with Crippen LogP contribution in [-0.2, 0) is 11.2 Å². The molecule has 0 aliphatic heterocycles. The van der Waals surface area contributed by atoms with E-state index in [0.29, 0.717) is 17.4 Å². The Morgan fingerprint density at radius 2 is 1.79 bits per heavy atom. The monoisotopic (exact) mass is 323 g/mol. The van der Waals surface area contributed by atoms with Gasteiger partial charge in [-0.2, -0.15) is 0 Å². The number of benzene rings is 2. The topological polar surface area (TPSA) is 82.5 Å². The van der Waals surface area contributed by atoms with Gasteiger partial charge in [0.1, 0.15) is 17.8 Å². The molecule has 1 unspecified atom stereocenters. The van der Waals surface area contributed by atoms with E-state index in [4.69, 9.17) is 14.9 Å². The summed E-state index contributed by atoms with van der Waals surface area (Å²) in [7, 11) is 0. The van der Waals surface area contributed by atoms with E-state index in [2.05, 4.69) is 0 Å². The number of rotatable bonds is 5. The molecule has 0 amide bonds. The molecule has 24 heavy (non-hydrogen) atoms. The van der Waals surface area contributed by atoms with Crippen molar-refractivity contribution in [3.8, 4) is 0 Å². The van der Waals surface area contributed by atoms with E-state index in [1.807, 2.05) is 30.3 Å². The molecular weight excluding hydrogens is 306 g/mol. The summed E-state index contributed by atoms with van der Waals surface area (Å²) in [6.07, 6.45) is 0.584. The van der Waals surface area contributed by atoms with Crippen molar-refractivity contribution in [3.05, 3.63) is 82.2 Å².